The number of aromatic nitrogens is 4. The van der Waals surface area contributed by atoms with Gasteiger partial charge >= 0.3 is 0 Å². The summed E-state index contributed by atoms with van der Waals surface area (Å²) in [5, 5.41) is 6.27. The van der Waals surface area contributed by atoms with Crippen LogP contribution in [-0.4, -0.2) is 37.3 Å². The van der Waals surface area contributed by atoms with Gasteiger partial charge in [-0.2, -0.15) is 5.10 Å². The van der Waals surface area contributed by atoms with Crippen LogP contribution in [0.4, 0.5) is 0 Å². The van der Waals surface area contributed by atoms with Crippen LogP contribution in [0, 0.1) is 4.77 Å². The van der Waals surface area contributed by atoms with Gasteiger partial charge in [-0.15, -0.1) is 11.3 Å². The molecule has 7 heteroatoms. The van der Waals surface area contributed by atoms with Gasteiger partial charge in [-0.25, -0.2) is 9.67 Å². The van der Waals surface area contributed by atoms with E-state index in [-0.39, 0.29) is 0 Å². The molecule has 0 unspecified atom stereocenters. The molecule has 5 nitrogen and oxygen atoms in total. The minimum Gasteiger partial charge on any atom is -0.301 e. The molecule has 0 bridgehead atoms. The average molecular weight is 412 g/mol. The van der Waals surface area contributed by atoms with Gasteiger partial charge in [0.15, 0.2) is 4.77 Å². The van der Waals surface area contributed by atoms with E-state index in [0.29, 0.717) is 17.9 Å². The molecule has 3 heterocycles. The molecule has 0 amide bonds. The maximum Gasteiger partial charge on any atom is 0.199 e. The van der Waals surface area contributed by atoms with E-state index in [1.54, 1.807) is 0 Å². The van der Waals surface area contributed by atoms with E-state index >= 15 is 0 Å². The maximum absolute atomic E-state index is 5.84. The van der Waals surface area contributed by atoms with Crippen LogP contribution in [0.1, 0.15) is 67.2 Å². The van der Waals surface area contributed by atoms with Crippen molar-refractivity contribution in [2.24, 2.45) is 0 Å². The standard InChI is InChI=1S/C21H25N5S2/c27-21-25(23-19(14-7-8-14)26(21)16-9-10-16)13-24-11-3-4-15(12-24)20-22-17-5-1-2-6-18(17)28-20/h1-2,5-6,14-16H,3-4,7-13H2/t15-/m0/s1. The number of benzene rings is 1. The second-order valence-electron chi connectivity index (χ2n) is 8.59. The number of nitrogens with zero attached hydrogens (tertiary/aromatic N) is 5. The van der Waals surface area contributed by atoms with E-state index in [1.165, 1.54) is 54.1 Å². The molecule has 2 aliphatic carbocycles. The van der Waals surface area contributed by atoms with Crippen molar-refractivity contribution in [3.63, 3.8) is 0 Å². The summed E-state index contributed by atoms with van der Waals surface area (Å²) in [7, 11) is 0. The third-order valence-electron chi connectivity index (χ3n) is 6.25. The number of hydrogen-bond donors (Lipinski definition) is 0. The first-order valence-electron chi connectivity index (χ1n) is 10.5. The van der Waals surface area contributed by atoms with Crippen LogP contribution in [0.2, 0.25) is 0 Å². The number of rotatable bonds is 5. The lowest BCUT2D eigenvalue weighted by Gasteiger charge is -2.31. The third kappa shape index (κ3) is 3.13. The van der Waals surface area contributed by atoms with Crippen molar-refractivity contribution in [3.8, 4) is 0 Å². The van der Waals surface area contributed by atoms with Crippen LogP contribution < -0.4 is 0 Å². The van der Waals surface area contributed by atoms with E-state index in [0.717, 1.165) is 30.0 Å². The zero-order chi connectivity index (χ0) is 18.7. The Balaban J connectivity index is 1.23. The van der Waals surface area contributed by atoms with Crippen LogP contribution in [0.3, 0.4) is 0 Å². The SMILES string of the molecule is S=c1n(CN2CCC[C@H](c3nc4ccccc4s3)C2)nc(C2CC2)n1C1CC1. The molecule has 1 aromatic carbocycles. The van der Waals surface area contributed by atoms with Crippen LogP contribution in [-0.2, 0) is 6.67 Å². The first-order valence-corrected chi connectivity index (χ1v) is 11.8. The molecule has 2 aromatic heterocycles. The molecule has 3 fully saturated rings. The molecule has 3 aromatic rings. The van der Waals surface area contributed by atoms with Gasteiger partial charge in [0.05, 0.1) is 21.9 Å². The van der Waals surface area contributed by atoms with Crippen molar-refractivity contribution in [3.05, 3.63) is 39.9 Å². The van der Waals surface area contributed by atoms with Crippen LogP contribution >= 0.6 is 23.6 Å². The molecule has 2 saturated carbocycles. The van der Waals surface area contributed by atoms with Gasteiger partial charge in [0.25, 0.3) is 0 Å². The van der Waals surface area contributed by atoms with E-state index in [9.17, 15) is 0 Å². The third-order valence-corrected chi connectivity index (χ3v) is 7.86. The molecule has 1 aliphatic heterocycles. The van der Waals surface area contributed by atoms with Gasteiger partial charge in [-0.05, 0) is 69.4 Å². The lowest BCUT2D eigenvalue weighted by Crippen LogP contribution is -2.36. The molecule has 6 rings (SSSR count). The van der Waals surface area contributed by atoms with E-state index in [4.69, 9.17) is 22.3 Å². The topological polar surface area (TPSA) is 38.9 Å². The second-order valence-corrected chi connectivity index (χ2v) is 10.0. The summed E-state index contributed by atoms with van der Waals surface area (Å²) in [5.74, 6) is 2.43. The number of para-hydroxylation sites is 1. The smallest absolute Gasteiger partial charge is 0.199 e. The van der Waals surface area contributed by atoms with Crippen LogP contribution in [0.15, 0.2) is 24.3 Å². The number of piperidine rings is 1. The fourth-order valence-corrected chi connectivity index (χ4v) is 5.90. The molecule has 1 saturated heterocycles. The highest BCUT2D eigenvalue weighted by Crippen LogP contribution is 2.44. The number of thiazole rings is 1. The van der Waals surface area contributed by atoms with Crippen molar-refractivity contribution in [2.75, 3.05) is 13.1 Å². The van der Waals surface area contributed by atoms with Crippen LogP contribution in [0.25, 0.3) is 10.2 Å². The molecular weight excluding hydrogens is 386 g/mol. The first kappa shape index (κ1) is 17.3. The van der Waals surface area contributed by atoms with Crippen molar-refractivity contribution < 1.29 is 0 Å². The molecule has 28 heavy (non-hydrogen) atoms. The summed E-state index contributed by atoms with van der Waals surface area (Å²) < 4.78 is 6.71. The highest BCUT2D eigenvalue weighted by Gasteiger charge is 2.36. The molecule has 1 atom stereocenters. The minimum atomic E-state index is 0.522. The Morgan fingerprint density at radius 3 is 2.71 bits per heavy atom. The normalized spacial score (nSPS) is 23.5. The van der Waals surface area contributed by atoms with Gasteiger partial charge in [0, 0.05) is 24.4 Å². The van der Waals surface area contributed by atoms with Gasteiger partial charge in [-0.1, -0.05) is 12.1 Å². The highest BCUT2D eigenvalue weighted by molar-refractivity contribution is 7.71. The molecule has 0 radical (unpaired) electrons. The Hall–Kier alpha value is -1.57. The highest BCUT2D eigenvalue weighted by atomic mass is 32.1. The summed E-state index contributed by atoms with van der Waals surface area (Å²) in [6, 6.07) is 9.11. The molecule has 3 aliphatic rings. The largest absolute Gasteiger partial charge is 0.301 e. The van der Waals surface area contributed by atoms with Crippen molar-refractivity contribution in [1.29, 1.82) is 0 Å². The van der Waals surface area contributed by atoms with E-state index < -0.39 is 0 Å². The van der Waals surface area contributed by atoms with Crippen LogP contribution in [0.5, 0.6) is 0 Å². The number of fused-ring (bicyclic) bond motifs is 1. The average Bonchev–Trinajstić information content (AvgIpc) is 3.64. The second kappa shape index (κ2) is 6.75. The molecule has 0 spiro atoms. The zero-order valence-electron chi connectivity index (χ0n) is 16.0. The molecule has 146 valence electrons. The Morgan fingerprint density at radius 2 is 1.93 bits per heavy atom. The Bertz CT molecular complexity index is 1040. The zero-order valence-corrected chi connectivity index (χ0v) is 17.6. The summed E-state index contributed by atoms with van der Waals surface area (Å²) in [5.41, 5.74) is 1.14. The molecular formula is C21H25N5S2. The van der Waals surface area contributed by atoms with Crippen molar-refractivity contribution in [1.82, 2.24) is 24.2 Å². The van der Waals surface area contributed by atoms with Crippen molar-refractivity contribution >= 4 is 33.8 Å². The lowest BCUT2D eigenvalue weighted by molar-refractivity contribution is 0.156. The fourth-order valence-electron chi connectivity index (χ4n) is 4.46. The van der Waals surface area contributed by atoms with Gasteiger partial charge in [0.2, 0.25) is 0 Å². The maximum atomic E-state index is 5.84. The van der Waals surface area contributed by atoms with Gasteiger partial charge in [-0.3, -0.25) is 4.90 Å². The van der Waals surface area contributed by atoms with Crippen molar-refractivity contribution in [2.45, 2.75) is 63.1 Å². The van der Waals surface area contributed by atoms with E-state index in [2.05, 4.69) is 38.4 Å². The number of hydrogen-bond acceptors (Lipinski definition) is 5. The van der Waals surface area contributed by atoms with Gasteiger partial charge in [0.1, 0.15) is 5.82 Å². The number of likely N-dealkylation sites (tertiary alicyclic amines) is 1. The lowest BCUT2D eigenvalue weighted by atomic mass is 9.99. The Kier molecular flexibility index (Phi) is 4.17. The van der Waals surface area contributed by atoms with E-state index in [1.807, 2.05) is 11.3 Å². The fraction of sp³-hybridized carbons (Fsp3) is 0.571. The summed E-state index contributed by atoms with van der Waals surface area (Å²) in [4.78, 5) is 7.45. The quantitative estimate of drug-likeness (QED) is 0.549. The monoisotopic (exact) mass is 411 g/mol. The first-order chi connectivity index (χ1) is 13.8. The molecule has 0 N–H and O–H groups in total. The summed E-state index contributed by atoms with van der Waals surface area (Å²) in [6.45, 7) is 2.99. The van der Waals surface area contributed by atoms with Gasteiger partial charge < -0.3 is 4.57 Å². The predicted molar refractivity (Wildman–Crippen MR) is 114 cm³/mol. The Labute approximate surface area is 174 Å². The Morgan fingerprint density at radius 1 is 1.07 bits per heavy atom. The minimum absolute atomic E-state index is 0.522. The summed E-state index contributed by atoms with van der Waals surface area (Å²) >= 11 is 7.70. The summed E-state index contributed by atoms with van der Waals surface area (Å²) in [6.07, 6.45) is 7.54. The predicted octanol–water partition coefficient (Wildman–Crippen LogP) is 5.07.